The van der Waals surface area contributed by atoms with Gasteiger partial charge in [-0.1, -0.05) is 39.0 Å². The molecule has 0 bridgehead atoms. The molecule has 0 spiro atoms. The minimum absolute atomic E-state index is 0.168. The Morgan fingerprint density at radius 3 is 2.47 bits per heavy atom. The van der Waals surface area contributed by atoms with Crippen LogP contribution in [0.1, 0.15) is 43.9 Å². The van der Waals surface area contributed by atoms with Crippen LogP contribution >= 0.6 is 0 Å². The van der Waals surface area contributed by atoms with Gasteiger partial charge >= 0.3 is 0 Å². The lowest BCUT2D eigenvalue weighted by atomic mass is 9.83. The van der Waals surface area contributed by atoms with Crippen LogP contribution in [0.5, 0.6) is 0 Å². The lowest BCUT2D eigenvalue weighted by Gasteiger charge is -2.27. The van der Waals surface area contributed by atoms with E-state index in [1.165, 1.54) is 16.7 Å². The van der Waals surface area contributed by atoms with Crippen molar-refractivity contribution in [2.45, 2.75) is 46.5 Å². The maximum absolute atomic E-state index is 5.58. The summed E-state index contributed by atoms with van der Waals surface area (Å²) in [4.78, 5) is 0. The highest BCUT2D eigenvalue weighted by atomic mass is 14.9. The third-order valence-electron chi connectivity index (χ3n) is 4.01. The summed E-state index contributed by atoms with van der Waals surface area (Å²) in [5.74, 6) is 0.653. The monoisotopic (exact) mass is 262 g/mol. The number of hydrogen-bond acceptors (Lipinski definition) is 2. The van der Waals surface area contributed by atoms with Gasteiger partial charge in [0, 0.05) is 12.0 Å². The van der Waals surface area contributed by atoms with Gasteiger partial charge in [-0.05, 0) is 56.0 Å². The molecule has 0 aromatic heterocycles. The summed E-state index contributed by atoms with van der Waals surface area (Å²) in [7, 11) is 0. The summed E-state index contributed by atoms with van der Waals surface area (Å²) in [6.07, 6.45) is 1.09. The maximum atomic E-state index is 5.58. The second-order valence-electron chi connectivity index (χ2n) is 6.50. The van der Waals surface area contributed by atoms with Crippen LogP contribution in [0, 0.1) is 19.8 Å². The highest BCUT2D eigenvalue weighted by Crippen LogP contribution is 2.24. The highest BCUT2D eigenvalue weighted by molar-refractivity contribution is 5.34. The molecule has 0 amide bonds. The number of benzene rings is 1. The molecule has 1 unspecified atom stereocenters. The van der Waals surface area contributed by atoms with Crippen molar-refractivity contribution < 1.29 is 0 Å². The van der Waals surface area contributed by atoms with E-state index >= 15 is 0 Å². The van der Waals surface area contributed by atoms with E-state index in [4.69, 9.17) is 5.73 Å². The molecule has 1 aromatic rings. The van der Waals surface area contributed by atoms with Gasteiger partial charge in [-0.25, -0.2) is 0 Å². The first-order chi connectivity index (χ1) is 8.86. The molecular formula is C17H30N2. The van der Waals surface area contributed by atoms with Crippen LogP contribution in [0.25, 0.3) is 0 Å². The van der Waals surface area contributed by atoms with E-state index in [2.05, 4.69) is 58.1 Å². The molecule has 0 saturated carbocycles. The molecule has 3 N–H and O–H groups in total. The Balaban J connectivity index is 2.57. The van der Waals surface area contributed by atoms with Gasteiger partial charge in [-0.2, -0.15) is 0 Å². The van der Waals surface area contributed by atoms with E-state index in [9.17, 15) is 0 Å². The van der Waals surface area contributed by atoms with Gasteiger partial charge in [0.25, 0.3) is 0 Å². The van der Waals surface area contributed by atoms with Gasteiger partial charge in [0.2, 0.25) is 0 Å². The first-order valence-electron chi connectivity index (χ1n) is 7.35. The number of rotatable bonds is 7. The van der Waals surface area contributed by atoms with Crippen LogP contribution in [-0.4, -0.2) is 19.6 Å². The number of aryl methyl sites for hydroxylation is 2. The fourth-order valence-corrected chi connectivity index (χ4v) is 2.28. The quantitative estimate of drug-likeness (QED) is 0.792. The van der Waals surface area contributed by atoms with Crippen molar-refractivity contribution in [1.82, 2.24) is 5.32 Å². The van der Waals surface area contributed by atoms with Gasteiger partial charge in [0.15, 0.2) is 0 Å². The van der Waals surface area contributed by atoms with Crippen molar-refractivity contribution in [3.63, 3.8) is 0 Å². The zero-order chi connectivity index (χ0) is 14.5. The van der Waals surface area contributed by atoms with Crippen LogP contribution in [0.15, 0.2) is 18.2 Å². The third kappa shape index (κ3) is 4.96. The standard InChI is InChI=1S/C17H30N2/c1-13(8-9-18)11-19-12-17(4,5)16-7-6-14(2)15(3)10-16/h6-7,10,13,19H,8-9,11-12,18H2,1-5H3. The Labute approximate surface area is 118 Å². The molecule has 19 heavy (non-hydrogen) atoms. The molecule has 0 aliphatic carbocycles. The van der Waals surface area contributed by atoms with Crippen LogP contribution in [0.2, 0.25) is 0 Å². The Morgan fingerprint density at radius 1 is 1.21 bits per heavy atom. The molecule has 2 heteroatoms. The number of hydrogen-bond donors (Lipinski definition) is 2. The average Bonchev–Trinajstić information content (AvgIpc) is 2.32. The minimum Gasteiger partial charge on any atom is -0.330 e. The Kier molecular flexibility index (Phi) is 6.02. The fourth-order valence-electron chi connectivity index (χ4n) is 2.28. The molecule has 0 saturated heterocycles. The number of nitrogens with one attached hydrogen (secondary N) is 1. The molecule has 1 rings (SSSR count). The Morgan fingerprint density at radius 2 is 1.89 bits per heavy atom. The van der Waals surface area contributed by atoms with Crippen LogP contribution in [0.3, 0.4) is 0 Å². The molecule has 0 fully saturated rings. The molecule has 1 atom stereocenters. The van der Waals surface area contributed by atoms with Gasteiger partial charge in [0.1, 0.15) is 0 Å². The van der Waals surface area contributed by atoms with Crippen molar-refractivity contribution in [1.29, 1.82) is 0 Å². The van der Waals surface area contributed by atoms with Crippen LogP contribution in [-0.2, 0) is 5.41 Å². The van der Waals surface area contributed by atoms with Gasteiger partial charge in [-0.3, -0.25) is 0 Å². The molecule has 1 aromatic carbocycles. The topological polar surface area (TPSA) is 38.0 Å². The molecule has 108 valence electrons. The lowest BCUT2D eigenvalue weighted by Crippen LogP contribution is -2.35. The molecule has 0 aliphatic rings. The number of nitrogens with two attached hydrogens (primary N) is 1. The highest BCUT2D eigenvalue weighted by Gasteiger charge is 2.20. The Hall–Kier alpha value is -0.860. The van der Waals surface area contributed by atoms with Crippen molar-refractivity contribution >= 4 is 0 Å². The summed E-state index contributed by atoms with van der Waals surface area (Å²) in [5, 5.41) is 3.59. The summed E-state index contributed by atoms with van der Waals surface area (Å²) < 4.78 is 0. The zero-order valence-electron chi connectivity index (χ0n) is 13.2. The summed E-state index contributed by atoms with van der Waals surface area (Å²) in [5.41, 5.74) is 9.90. The maximum Gasteiger partial charge on any atom is 0.00432 e. The van der Waals surface area contributed by atoms with E-state index in [0.717, 1.165) is 26.1 Å². The second kappa shape index (κ2) is 7.06. The first kappa shape index (κ1) is 16.2. The second-order valence-corrected chi connectivity index (χ2v) is 6.50. The third-order valence-corrected chi connectivity index (χ3v) is 4.01. The average molecular weight is 262 g/mol. The summed E-state index contributed by atoms with van der Waals surface area (Å²) in [6.45, 7) is 14.0. The Bertz CT molecular complexity index is 396. The smallest absolute Gasteiger partial charge is 0.00432 e. The summed E-state index contributed by atoms with van der Waals surface area (Å²) >= 11 is 0. The van der Waals surface area contributed by atoms with Gasteiger partial charge in [0.05, 0.1) is 0 Å². The van der Waals surface area contributed by atoms with Crippen molar-refractivity contribution in [3.8, 4) is 0 Å². The normalized spacial score (nSPS) is 13.6. The molecule has 0 heterocycles. The van der Waals surface area contributed by atoms with Gasteiger partial charge in [-0.15, -0.1) is 0 Å². The largest absolute Gasteiger partial charge is 0.330 e. The van der Waals surface area contributed by atoms with E-state index in [1.54, 1.807) is 0 Å². The van der Waals surface area contributed by atoms with E-state index in [-0.39, 0.29) is 5.41 Å². The van der Waals surface area contributed by atoms with Crippen LogP contribution < -0.4 is 11.1 Å². The molecule has 0 aliphatic heterocycles. The van der Waals surface area contributed by atoms with Crippen LogP contribution in [0.4, 0.5) is 0 Å². The lowest BCUT2D eigenvalue weighted by molar-refractivity contribution is 0.422. The van der Waals surface area contributed by atoms with E-state index in [0.29, 0.717) is 5.92 Å². The first-order valence-corrected chi connectivity index (χ1v) is 7.35. The van der Waals surface area contributed by atoms with Gasteiger partial charge < -0.3 is 11.1 Å². The minimum atomic E-state index is 0.168. The fraction of sp³-hybridized carbons (Fsp3) is 0.647. The zero-order valence-corrected chi connectivity index (χ0v) is 13.2. The predicted molar refractivity (Wildman–Crippen MR) is 84.6 cm³/mol. The molecule has 2 nitrogen and oxygen atoms in total. The van der Waals surface area contributed by atoms with E-state index in [1.807, 2.05) is 0 Å². The summed E-state index contributed by atoms with van der Waals surface area (Å²) in [6, 6.07) is 6.80. The van der Waals surface area contributed by atoms with Crippen molar-refractivity contribution in [2.75, 3.05) is 19.6 Å². The van der Waals surface area contributed by atoms with Crippen molar-refractivity contribution in [2.24, 2.45) is 11.7 Å². The van der Waals surface area contributed by atoms with Crippen molar-refractivity contribution in [3.05, 3.63) is 34.9 Å². The predicted octanol–water partition coefficient (Wildman–Crippen LogP) is 3.16. The van der Waals surface area contributed by atoms with E-state index < -0.39 is 0 Å². The molecule has 0 radical (unpaired) electrons. The SMILES string of the molecule is Cc1ccc(C(C)(C)CNCC(C)CCN)cc1C. The molecular weight excluding hydrogens is 232 g/mol.